The number of fused-ring (bicyclic) bond motifs is 1. The van der Waals surface area contributed by atoms with E-state index in [1.54, 1.807) is 0 Å². The minimum Gasteiger partial charge on any atom is -0.317 e. The topological polar surface area (TPSA) is 30.7 Å². The van der Waals surface area contributed by atoms with Gasteiger partial charge in [-0.15, -0.1) is 6.42 Å². The van der Waals surface area contributed by atoms with Crippen LogP contribution in [0.15, 0.2) is 12.5 Å². The van der Waals surface area contributed by atoms with Gasteiger partial charge in [-0.3, -0.25) is 0 Å². The molecule has 0 spiro atoms. The van der Waals surface area contributed by atoms with E-state index >= 15 is 0 Å². The first kappa shape index (κ1) is 13.9. The van der Waals surface area contributed by atoms with Crippen LogP contribution in [0.3, 0.4) is 0 Å². The Morgan fingerprint density at radius 3 is 2.68 bits per heavy atom. The highest BCUT2D eigenvalue weighted by molar-refractivity contribution is 6.34. The number of rotatable bonds is 2. The van der Waals surface area contributed by atoms with E-state index in [1.165, 1.54) is 19.2 Å². The second kappa shape index (κ2) is 5.63. The summed E-state index contributed by atoms with van der Waals surface area (Å²) < 4.78 is 2.07. The van der Waals surface area contributed by atoms with Gasteiger partial charge in [0, 0.05) is 6.20 Å². The first-order valence-electron chi connectivity index (χ1n) is 6.66. The van der Waals surface area contributed by atoms with Crippen LogP contribution in [0.4, 0.5) is 0 Å². The SMILES string of the molecule is C#CC(C1CC1)n1cc(C)c2c(Cl)ncnc21.CC. The van der Waals surface area contributed by atoms with Crippen LogP contribution in [0.1, 0.15) is 38.3 Å². The standard InChI is InChI=1S/C13H12ClN3.C2H6/c1-3-10(9-4-5-9)17-6-8(2)11-12(14)15-7-16-13(11)17;1-2/h1,6-7,9-10H,4-5H2,2H3;1-2H3. The summed E-state index contributed by atoms with van der Waals surface area (Å²) in [6.07, 6.45) is 11.6. The van der Waals surface area contributed by atoms with Crippen molar-refractivity contribution in [2.24, 2.45) is 5.92 Å². The molecule has 0 bridgehead atoms. The van der Waals surface area contributed by atoms with Crippen LogP contribution in [0.2, 0.25) is 5.15 Å². The molecule has 1 unspecified atom stereocenters. The van der Waals surface area contributed by atoms with Gasteiger partial charge in [0.1, 0.15) is 17.1 Å². The molecule has 3 rings (SSSR count). The zero-order valence-corrected chi connectivity index (χ0v) is 12.3. The third-order valence-electron chi connectivity index (χ3n) is 3.29. The van der Waals surface area contributed by atoms with Gasteiger partial charge in [-0.2, -0.15) is 0 Å². The van der Waals surface area contributed by atoms with Crippen LogP contribution in [-0.4, -0.2) is 14.5 Å². The van der Waals surface area contributed by atoms with Crippen molar-refractivity contribution in [1.82, 2.24) is 14.5 Å². The fourth-order valence-corrected chi connectivity index (χ4v) is 2.57. The lowest BCUT2D eigenvalue weighted by atomic mass is 10.2. The van der Waals surface area contributed by atoms with Crippen LogP contribution in [0, 0.1) is 25.2 Å². The van der Waals surface area contributed by atoms with Gasteiger partial charge in [-0.05, 0) is 31.2 Å². The van der Waals surface area contributed by atoms with Crippen LogP contribution in [-0.2, 0) is 0 Å². The van der Waals surface area contributed by atoms with Crippen molar-refractivity contribution in [3.05, 3.63) is 23.2 Å². The zero-order chi connectivity index (χ0) is 14.0. The Labute approximate surface area is 119 Å². The van der Waals surface area contributed by atoms with Crippen molar-refractivity contribution < 1.29 is 0 Å². The normalized spacial score (nSPS) is 15.5. The average Bonchev–Trinajstić information content (AvgIpc) is 3.19. The lowest BCUT2D eigenvalue weighted by Gasteiger charge is -2.12. The van der Waals surface area contributed by atoms with Crippen molar-refractivity contribution in [3.63, 3.8) is 0 Å². The number of aryl methyl sites for hydroxylation is 1. The molecular weight excluding hydrogens is 258 g/mol. The van der Waals surface area contributed by atoms with Gasteiger partial charge in [0.2, 0.25) is 0 Å². The summed E-state index contributed by atoms with van der Waals surface area (Å²) in [5, 5.41) is 1.41. The predicted molar refractivity (Wildman–Crippen MR) is 79.2 cm³/mol. The molecule has 3 nitrogen and oxygen atoms in total. The number of terminal acetylenes is 1. The summed E-state index contributed by atoms with van der Waals surface area (Å²) in [5.74, 6) is 3.45. The molecule has 2 heterocycles. The van der Waals surface area contributed by atoms with E-state index in [-0.39, 0.29) is 6.04 Å². The molecular formula is C15H18ClN3. The monoisotopic (exact) mass is 275 g/mol. The molecule has 0 N–H and O–H groups in total. The maximum atomic E-state index is 6.10. The summed E-state index contributed by atoms with van der Waals surface area (Å²) in [6, 6.07) is 0.0946. The van der Waals surface area contributed by atoms with Crippen LogP contribution in [0.5, 0.6) is 0 Å². The Morgan fingerprint density at radius 2 is 2.11 bits per heavy atom. The lowest BCUT2D eigenvalue weighted by molar-refractivity contribution is 0.568. The quantitative estimate of drug-likeness (QED) is 0.613. The van der Waals surface area contributed by atoms with Crippen molar-refractivity contribution in [2.45, 2.75) is 39.7 Å². The van der Waals surface area contributed by atoms with E-state index in [0.29, 0.717) is 11.1 Å². The van der Waals surface area contributed by atoms with Crippen molar-refractivity contribution in [1.29, 1.82) is 0 Å². The summed E-state index contributed by atoms with van der Waals surface area (Å²) >= 11 is 6.10. The predicted octanol–water partition coefficient (Wildman–Crippen LogP) is 4.00. The molecule has 2 aromatic rings. The number of nitrogens with zero attached hydrogens (tertiary/aromatic N) is 3. The van der Waals surface area contributed by atoms with E-state index in [0.717, 1.165) is 16.6 Å². The number of hydrogen-bond acceptors (Lipinski definition) is 2. The van der Waals surface area contributed by atoms with Gasteiger partial charge in [-0.1, -0.05) is 31.4 Å². The summed E-state index contributed by atoms with van der Waals surface area (Å²) in [7, 11) is 0. The minimum absolute atomic E-state index is 0.0946. The highest BCUT2D eigenvalue weighted by Gasteiger charge is 2.32. The molecule has 100 valence electrons. The summed E-state index contributed by atoms with van der Waals surface area (Å²) in [5.41, 5.74) is 1.92. The molecule has 1 aliphatic carbocycles. The summed E-state index contributed by atoms with van der Waals surface area (Å²) in [6.45, 7) is 6.01. The Bertz CT molecular complexity index is 620. The number of hydrogen-bond donors (Lipinski definition) is 0. The summed E-state index contributed by atoms with van der Waals surface area (Å²) in [4.78, 5) is 8.33. The molecule has 19 heavy (non-hydrogen) atoms. The molecule has 1 saturated carbocycles. The second-order valence-electron chi connectivity index (χ2n) is 4.53. The lowest BCUT2D eigenvalue weighted by Crippen LogP contribution is -2.08. The van der Waals surface area contributed by atoms with Gasteiger partial charge >= 0.3 is 0 Å². The molecule has 0 aliphatic heterocycles. The molecule has 2 aromatic heterocycles. The number of halogens is 1. The van der Waals surface area contributed by atoms with E-state index < -0.39 is 0 Å². The Morgan fingerprint density at radius 1 is 1.42 bits per heavy atom. The molecule has 0 radical (unpaired) electrons. The van der Waals surface area contributed by atoms with E-state index in [1.807, 2.05) is 27.0 Å². The zero-order valence-electron chi connectivity index (χ0n) is 11.5. The Kier molecular flexibility index (Phi) is 4.11. The molecule has 0 saturated heterocycles. The Hall–Kier alpha value is -1.53. The van der Waals surface area contributed by atoms with Gasteiger partial charge in [0.05, 0.1) is 11.4 Å². The fraction of sp³-hybridized carbons (Fsp3) is 0.467. The first-order chi connectivity index (χ1) is 9.22. The third-order valence-corrected chi connectivity index (χ3v) is 3.58. The Balaban J connectivity index is 0.000000637. The first-order valence-corrected chi connectivity index (χ1v) is 7.04. The molecule has 1 atom stereocenters. The smallest absolute Gasteiger partial charge is 0.146 e. The molecule has 0 amide bonds. The number of aromatic nitrogens is 3. The second-order valence-corrected chi connectivity index (χ2v) is 4.89. The molecule has 0 aromatic carbocycles. The highest BCUT2D eigenvalue weighted by atomic mass is 35.5. The van der Waals surface area contributed by atoms with Gasteiger partial charge in [-0.25, -0.2) is 9.97 Å². The van der Waals surface area contributed by atoms with Crippen molar-refractivity contribution in [2.75, 3.05) is 0 Å². The van der Waals surface area contributed by atoms with Crippen molar-refractivity contribution >= 4 is 22.6 Å². The van der Waals surface area contributed by atoms with E-state index in [4.69, 9.17) is 18.0 Å². The van der Waals surface area contributed by atoms with Crippen LogP contribution < -0.4 is 0 Å². The maximum absolute atomic E-state index is 6.10. The van der Waals surface area contributed by atoms with E-state index in [9.17, 15) is 0 Å². The minimum atomic E-state index is 0.0946. The maximum Gasteiger partial charge on any atom is 0.146 e. The molecule has 4 heteroatoms. The van der Waals surface area contributed by atoms with Gasteiger partial charge in [0.25, 0.3) is 0 Å². The molecule has 1 fully saturated rings. The van der Waals surface area contributed by atoms with E-state index in [2.05, 4.69) is 20.5 Å². The van der Waals surface area contributed by atoms with Gasteiger partial charge < -0.3 is 4.57 Å². The largest absolute Gasteiger partial charge is 0.317 e. The van der Waals surface area contributed by atoms with Crippen LogP contribution >= 0.6 is 11.6 Å². The average molecular weight is 276 g/mol. The van der Waals surface area contributed by atoms with Crippen molar-refractivity contribution in [3.8, 4) is 12.3 Å². The third kappa shape index (κ3) is 2.46. The molecule has 1 aliphatic rings. The van der Waals surface area contributed by atoms with Crippen LogP contribution in [0.25, 0.3) is 11.0 Å². The highest BCUT2D eigenvalue weighted by Crippen LogP contribution is 2.41. The fourth-order valence-electron chi connectivity index (χ4n) is 2.29. The van der Waals surface area contributed by atoms with Gasteiger partial charge in [0.15, 0.2) is 0 Å².